The van der Waals surface area contributed by atoms with Gasteiger partial charge in [0.05, 0.1) is 0 Å². The molecule has 1 aromatic rings. The molecule has 3 heteroatoms. The third-order valence-corrected chi connectivity index (χ3v) is 9.34. The van der Waals surface area contributed by atoms with Gasteiger partial charge in [0, 0.05) is 12.1 Å². The zero-order valence-electron chi connectivity index (χ0n) is 20.6. The summed E-state index contributed by atoms with van der Waals surface area (Å²) in [5, 5.41) is 3.72. The number of nitrogens with two attached hydrogens (primary N) is 1. The molecule has 0 radical (unpaired) electrons. The summed E-state index contributed by atoms with van der Waals surface area (Å²) < 4.78 is 15.2. The zero-order valence-corrected chi connectivity index (χ0v) is 20.6. The van der Waals surface area contributed by atoms with Gasteiger partial charge < -0.3 is 11.1 Å². The van der Waals surface area contributed by atoms with Gasteiger partial charge >= 0.3 is 0 Å². The van der Waals surface area contributed by atoms with E-state index < -0.39 is 0 Å². The average Bonchev–Trinajstić information content (AvgIpc) is 2.83. The standard InChI is InChI=1S/C29H47FN2/c1-3-18-32-27-15-12-23(13-16-27)22-8-10-25(11-9-22)28-17-14-26(19-29(28)30)24-6-4-21(5-7-24)20(2)31/h14,17,19-25,27,32H,3-13,15-16,18,31H2,1-2H3. The average molecular weight is 443 g/mol. The highest BCUT2D eigenvalue weighted by Gasteiger charge is 2.32. The Kier molecular flexibility index (Phi) is 8.67. The summed E-state index contributed by atoms with van der Waals surface area (Å²) in [6, 6.07) is 7.30. The monoisotopic (exact) mass is 442 g/mol. The SMILES string of the molecule is CCCNC1CCC(C2CCC(c3ccc(C4CCC(C(C)N)CC4)cc3F)CC2)CC1. The quantitative estimate of drug-likeness (QED) is 0.465. The van der Waals surface area contributed by atoms with E-state index in [1.54, 1.807) is 0 Å². The van der Waals surface area contributed by atoms with E-state index in [2.05, 4.69) is 31.3 Å². The summed E-state index contributed by atoms with van der Waals surface area (Å²) in [5.74, 6) is 3.44. The van der Waals surface area contributed by atoms with Crippen LogP contribution in [0.2, 0.25) is 0 Å². The van der Waals surface area contributed by atoms with Crippen LogP contribution in [-0.4, -0.2) is 18.6 Å². The molecular weight excluding hydrogens is 395 g/mol. The van der Waals surface area contributed by atoms with Crippen LogP contribution in [0.15, 0.2) is 18.2 Å². The molecule has 3 N–H and O–H groups in total. The molecular formula is C29H47FN2. The van der Waals surface area contributed by atoms with E-state index in [0.29, 0.717) is 17.8 Å². The molecule has 0 saturated heterocycles. The second kappa shape index (κ2) is 11.5. The van der Waals surface area contributed by atoms with Crippen molar-refractivity contribution in [1.29, 1.82) is 0 Å². The van der Waals surface area contributed by atoms with Crippen molar-refractivity contribution >= 4 is 0 Å². The van der Waals surface area contributed by atoms with E-state index in [1.807, 2.05) is 6.07 Å². The maximum absolute atomic E-state index is 15.2. The van der Waals surface area contributed by atoms with Crippen molar-refractivity contribution in [2.75, 3.05) is 6.54 Å². The molecule has 3 aliphatic rings. The zero-order chi connectivity index (χ0) is 22.5. The van der Waals surface area contributed by atoms with Crippen LogP contribution in [0, 0.1) is 23.6 Å². The molecule has 1 atom stereocenters. The molecule has 3 fully saturated rings. The Hall–Kier alpha value is -0.930. The van der Waals surface area contributed by atoms with Crippen molar-refractivity contribution in [2.45, 2.75) is 121 Å². The lowest BCUT2D eigenvalue weighted by Gasteiger charge is -2.38. The second-order valence-electron chi connectivity index (χ2n) is 11.4. The first-order chi connectivity index (χ1) is 15.5. The Morgan fingerprint density at radius 2 is 1.47 bits per heavy atom. The van der Waals surface area contributed by atoms with Gasteiger partial charge in [0.25, 0.3) is 0 Å². The molecule has 3 saturated carbocycles. The normalized spacial score (nSPS) is 34.9. The van der Waals surface area contributed by atoms with Gasteiger partial charge in [-0.05, 0) is 144 Å². The molecule has 4 rings (SSSR count). The van der Waals surface area contributed by atoms with Gasteiger partial charge in [-0.25, -0.2) is 4.39 Å². The van der Waals surface area contributed by atoms with Crippen molar-refractivity contribution in [3.05, 3.63) is 35.1 Å². The van der Waals surface area contributed by atoms with Crippen LogP contribution in [0.3, 0.4) is 0 Å². The molecule has 0 aliphatic heterocycles. The van der Waals surface area contributed by atoms with Crippen LogP contribution in [0.25, 0.3) is 0 Å². The van der Waals surface area contributed by atoms with Gasteiger partial charge in [-0.2, -0.15) is 0 Å². The molecule has 0 aromatic heterocycles. The summed E-state index contributed by atoms with van der Waals surface area (Å²) in [4.78, 5) is 0. The van der Waals surface area contributed by atoms with Gasteiger partial charge in [-0.3, -0.25) is 0 Å². The highest BCUT2D eigenvalue weighted by molar-refractivity contribution is 5.30. The fraction of sp³-hybridized carbons (Fsp3) is 0.793. The van der Waals surface area contributed by atoms with Gasteiger partial charge in [0.2, 0.25) is 0 Å². The van der Waals surface area contributed by atoms with Crippen LogP contribution < -0.4 is 11.1 Å². The molecule has 0 spiro atoms. The molecule has 1 unspecified atom stereocenters. The largest absolute Gasteiger partial charge is 0.328 e. The lowest BCUT2D eigenvalue weighted by atomic mass is 9.69. The maximum Gasteiger partial charge on any atom is 0.126 e. The maximum atomic E-state index is 15.2. The van der Waals surface area contributed by atoms with Gasteiger partial charge in [0.1, 0.15) is 5.82 Å². The van der Waals surface area contributed by atoms with E-state index >= 15 is 4.39 Å². The molecule has 2 nitrogen and oxygen atoms in total. The fourth-order valence-electron chi connectivity index (χ4n) is 7.15. The van der Waals surface area contributed by atoms with Crippen molar-refractivity contribution in [2.24, 2.45) is 23.5 Å². The number of hydrogen-bond donors (Lipinski definition) is 2. The second-order valence-corrected chi connectivity index (χ2v) is 11.4. The van der Waals surface area contributed by atoms with Crippen LogP contribution in [0.4, 0.5) is 4.39 Å². The fourth-order valence-corrected chi connectivity index (χ4v) is 7.15. The minimum Gasteiger partial charge on any atom is -0.328 e. The summed E-state index contributed by atoms with van der Waals surface area (Å²) in [6.45, 7) is 5.55. The first-order valence-electron chi connectivity index (χ1n) is 13.8. The van der Waals surface area contributed by atoms with Gasteiger partial charge in [-0.1, -0.05) is 19.1 Å². The van der Waals surface area contributed by atoms with Crippen LogP contribution in [-0.2, 0) is 0 Å². The third-order valence-electron chi connectivity index (χ3n) is 9.34. The molecule has 0 bridgehead atoms. The lowest BCUT2D eigenvalue weighted by Crippen LogP contribution is -2.35. The van der Waals surface area contributed by atoms with Crippen molar-refractivity contribution in [3.8, 4) is 0 Å². The highest BCUT2D eigenvalue weighted by Crippen LogP contribution is 2.44. The van der Waals surface area contributed by atoms with Gasteiger partial charge in [0.15, 0.2) is 0 Å². The first kappa shape index (κ1) is 24.2. The highest BCUT2D eigenvalue weighted by atomic mass is 19.1. The molecule has 32 heavy (non-hydrogen) atoms. The van der Waals surface area contributed by atoms with E-state index in [0.717, 1.165) is 36.3 Å². The number of rotatable bonds is 7. The number of benzene rings is 1. The predicted octanol–water partition coefficient (Wildman–Crippen LogP) is 7.28. The summed E-state index contributed by atoms with van der Waals surface area (Å²) in [6.07, 6.45) is 16.4. The Bertz CT molecular complexity index is 693. The predicted molar refractivity (Wildman–Crippen MR) is 133 cm³/mol. The minimum atomic E-state index is 0.0581. The number of nitrogens with one attached hydrogen (secondary N) is 1. The van der Waals surface area contributed by atoms with E-state index in [9.17, 15) is 0 Å². The summed E-state index contributed by atoms with van der Waals surface area (Å²) >= 11 is 0. The molecule has 0 heterocycles. The Morgan fingerprint density at radius 1 is 0.875 bits per heavy atom. The third kappa shape index (κ3) is 5.95. The number of halogens is 1. The van der Waals surface area contributed by atoms with Crippen molar-refractivity contribution in [3.63, 3.8) is 0 Å². The minimum absolute atomic E-state index is 0.0581. The van der Waals surface area contributed by atoms with Crippen LogP contribution >= 0.6 is 0 Å². The number of hydrogen-bond acceptors (Lipinski definition) is 2. The van der Waals surface area contributed by atoms with E-state index in [1.165, 1.54) is 82.7 Å². The van der Waals surface area contributed by atoms with Crippen LogP contribution in [0.1, 0.15) is 120 Å². The summed E-state index contributed by atoms with van der Waals surface area (Å²) in [5.41, 5.74) is 8.30. The molecule has 3 aliphatic carbocycles. The molecule has 180 valence electrons. The van der Waals surface area contributed by atoms with E-state index in [4.69, 9.17) is 5.73 Å². The molecule has 0 amide bonds. The van der Waals surface area contributed by atoms with Crippen molar-refractivity contribution < 1.29 is 4.39 Å². The Balaban J connectivity index is 1.26. The Labute approximate surface area is 196 Å². The topological polar surface area (TPSA) is 38.0 Å². The smallest absolute Gasteiger partial charge is 0.126 e. The lowest BCUT2D eigenvalue weighted by molar-refractivity contribution is 0.168. The van der Waals surface area contributed by atoms with E-state index in [-0.39, 0.29) is 11.9 Å². The Morgan fingerprint density at radius 3 is 2.03 bits per heavy atom. The van der Waals surface area contributed by atoms with Crippen LogP contribution in [0.5, 0.6) is 0 Å². The summed E-state index contributed by atoms with van der Waals surface area (Å²) in [7, 11) is 0. The van der Waals surface area contributed by atoms with Crippen molar-refractivity contribution in [1.82, 2.24) is 5.32 Å². The van der Waals surface area contributed by atoms with Gasteiger partial charge in [-0.15, -0.1) is 0 Å². The molecule has 1 aromatic carbocycles. The first-order valence-corrected chi connectivity index (χ1v) is 13.8.